The first-order valence-electron chi connectivity index (χ1n) is 5.23. The van der Waals surface area contributed by atoms with Crippen LogP contribution in [0.3, 0.4) is 0 Å². The Balaban J connectivity index is 2.41. The summed E-state index contributed by atoms with van der Waals surface area (Å²) in [5.41, 5.74) is 0. The molecule has 0 spiro atoms. The fourth-order valence-electron chi connectivity index (χ4n) is 1.88. The first-order chi connectivity index (χ1) is 6.15. The van der Waals surface area contributed by atoms with Gasteiger partial charge in [-0.25, -0.2) is 0 Å². The Morgan fingerprint density at radius 3 is 2.38 bits per heavy atom. The number of carbonyl (C=O) groups excluding carboxylic acids is 1. The first kappa shape index (κ1) is 10.6. The number of hydrogen-bond acceptors (Lipinski definition) is 2. The first-order valence-corrected chi connectivity index (χ1v) is 5.23. The predicted octanol–water partition coefficient (Wildman–Crippen LogP) is 2.62. The Kier molecular flexibility index (Phi) is 3.76. The number of methoxy groups -OCH3 is 1. The molecule has 1 aliphatic carbocycles. The average Bonchev–Trinajstić information content (AvgIpc) is 2.00. The van der Waals surface area contributed by atoms with Crippen molar-refractivity contribution in [2.24, 2.45) is 17.8 Å². The van der Waals surface area contributed by atoms with Crippen LogP contribution < -0.4 is 0 Å². The average molecular weight is 184 g/mol. The summed E-state index contributed by atoms with van der Waals surface area (Å²) in [6, 6.07) is 0. The van der Waals surface area contributed by atoms with Crippen molar-refractivity contribution >= 4 is 5.97 Å². The lowest BCUT2D eigenvalue weighted by molar-refractivity contribution is -0.148. The van der Waals surface area contributed by atoms with Crippen molar-refractivity contribution in [3.05, 3.63) is 0 Å². The minimum absolute atomic E-state index is 0.0260. The third-order valence-electron chi connectivity index (χ3n) is 3.12. The molecule has 2 heteroatoms. The number of rotatable bonds is 4. The molecule has 0 N–H and O–H groups in total. The van der Waals surface area contributed by atoms with Crippen molar-refractivity contribution in [1.29, 1.82) is 0 Å². The van der Waals surface area contributed by atoms with Crippen LogP contribution in [-0.2, 0) is 9.53 Å². The molecule has 0 aromatic heterocycles. The maximum absolute atomic E-state index is 11.4. The quantitative estimate of drug-likeness (QED) is 0.628. The van der Waals surface area contributed by atoms with Crippen molar-refractivity contribution < 1.29 is 9.53 Å². The molecule has 1 fully saturated rings. The van der Waals surface area contributed by atoms with Crippen LogP contribution in [0.5, 0.6) is 0 Å². The van der Waals surface area contributed by atoms with Crippen LogP contribution in [0.2, 0.25) is 0 Å². The SMILES string of the molecule is COC(=O)C(CC1CCC1)C(C)C. The van der Waals surface area contributed by atoms with Gasteiger partial charge in [-0.15, -0.1) is 0 Å². The Bertz CT molecular complexity index is 171. The van der Waals surface area contributed by atoms with E-state index in [-0.39, 0.29) is 11.9 Å². The van der Waals surface area contributed by atoms with Gasteiger partial charge < -0.3 is 4.74 Å². The van der Waals surface area contributed by atoms with E-state index < -0.39 is 0 Å². The molecule has 0 bridgehead atoms. The maximum Gasteiger partial charge on any atom is 0.308 e. The lowest BCUT2D eigenvalue weighted by atomic mass is 9.76. The summed E-state index contributed by atoms with van der Waals surface area (Å²) in [6.07, 6.45) is 4.99. The standard InChI is InChI=1S/C11H20O2/c1-8(2)10(11(12)13-3)7-9-5-4-6-9/h8-10H,4-7H2,1-3H3. The molecule has 0 radical (unpaired) electrons. The van der Waals surface area contributed by atoms with Gasteiger partial charge in [-0.2, -0.15) is 0 Å². The number of ether oxygens (including phenoxy) is 1. The second-order valence-corrected chi connectivity index (χ2v) is 4.41. The zero-order valence-electron chi connectivity index (χ0n) is 8.88. The summed E-state index contributed by atoms with van der Waals surface area (Å²) in [5.74, 6) is 1.29. The van der Waals surface area contributed by atoms with E-state index in [1.165, 1.54) is 26.4 Å². The van der Waals surface area contributed by atoms with Crippen molar-refractivity contribution in [1.82, 2.24) is 0 Å². The molecule has 1 aliphatic rings. The monoisotopic (exact) mass is 184 g/mol. The van der Waals surface area contributed by atoms with E-state index in [0.717, 1.165) is 12.3 Å². The second-order valence-electron chi connectivity index (χ2n) is 4.41. The minimum Gasteiger partial charge on any atom is -0.469 e. The second kappa shape index (κ2) is 4.64. The molecule has 0 amide bonds. The van der Waals surface area contributed by atoms with Crippen LogP contribution in [0.25, 0.3) is 0 Å². The highest BCUT2D eigenvalue weighted by Gasteiger charge is 2.29. The predicted molar refractivity (Wildman–Crippen MR) is 52.3 cm³/mol. The van der Waals surface area contributed by atoms with Crippen molar-refractivity contribution in [2.45, 2.75) is 39.5 Å². The maximum atomic E-state index is 11.4. The van der Waals surface area contributed by atoms with Gasteiger partial charge >= 0.3 is 5.97 Å². The van der Waals surface area contributed by atoms with Crippen LogP contribution in [-0.4, -0.2) is 13.1 Å². The highest BCUT2D eigenvalue weighted by molar-refractivity contribution is 5.72. The van der Waals surface area contributed by atoms with Crippen LogP contribution >= 0.6 is 0 Å². The third-order valence-corrected chi connectivity index (χ3v) is 3.12. The molecule has 0 aromatic rings. The summed E-state index contributed by atoms with van der Waals surface area (Å²) < 4.78 is 4.80. The topological polar surface area (TPSA) is 26.3 Å². The molecular formula is C11H20O2. The number of carbonyl (C=O) groups is 1. The van der Waals surface area contributed by atoms with Crippen LogP contribution in [0.1, 0.15) is 39.5 Å². The zero-order valence-corrected chi connectivity index (χ0v) is 8.88. The van der Waals surface area contributed by atoms with E-state index in [1.807, 2.05) is 0 Å². The van der Waals surface area contributed by atoms with Crippen LogP contribution in [0, 0.1) is 17.8 Å². The van der Waals surface area contributed by atoms with Crippen molar-refractivity contribution in [2.75, 3.05) is 7.11 Å². The lowest BCUT2D eigenvalue weighted by Crippen LogP contribution is -2.26. The highest BCUT2D eigenvalue weighted by Crippen LogP contribution is 2.34. The zero-order chi connectivity index (χ0) is 9.84. The molecule has 76 valence electrons. The van der Waals surface area contributed by atoms with Crippen LogP contribution in [0.15, 0.2) is 0 Å². The molecule has 0 saturated heterocycles. The number of esters is 1. The van der Waals surface area contributed by atoms with E-state index in [4.69, 9.17) is 4.74 Å². The molecule has 1 atom stereocenters. The number of hydrogen-bond donors (Lipinski definition) is 0. The summed E-state index contributed by atoms with van der Waals surface area (Å²) >= 11 is 0. The molecule has 1 unspecified atom stereocenters. The van der Waals surface area contributed by atoms with Gasteiger partial charge in [0.1, 0.15) is 0 Å². The molecule has 13 heavy (non-hydrogen) atoms. The fraction of sp³-hybridized carbons (Fsp3) is 0.909. The molecule has 1 saturated carbocycles. The van der Waals surface area contributed by atoms with E-state index in [1.54, 1.807) is 0 Å². The van der Waals surface area contributed by atoms with Gasteiger partial charge in [0.15, 0.2) is 0 Å². The van der Waals surface area contributed by atoms with Gasteiger partial charge in [0.25, 0.3) is 0 Å². The summed E-state index contributed by atoms with van der Waals surface area (Å²) in [6.45, 7) is 4.19. The fourth-order valence-corrected chi connectivity index (χ4v) is 1.88. The van der Waals surface area contributed by atoms with E-state index in [2.05, 4.69) is 13.8 Å². The minimum atomic E-state index is -0.0260. The van der Waals surface area contributed by atoms with Gasteiger partial charge in [-0.05, 0) is 18.3 Å². The largest absolute Gasteiger partial charge is 0.469 e. The van der Waals surface area contributed by atoms with Gasteiger partial charge in [0.05, 0.1) is 13.0 Å². The molecular weight excluding hydrogens is 164 g/mol. The van der Waals surface area contributed by atoms with Crippen molar-refractivity contribution in [3.63, 3.8) is 0 Å². The van der Waals surface area contributed by atoms with E-state index >= 15 is 0 Å². The molecule has 0 aliphatic heterocycles. The molecule has 2 nitrogen and oxygen atoms in total. The lowest BCUT2D eigenvalue weighted by Gasteiger charge is -2.30. The summed E-state index contributed by atoms with van der Waals surface area (Å²) in [4.78, 5) is 11.4. The highest BCUT2D eigenvalue weighted by atomic mass is 16.5. The Morgan fingerprint density at radius 2 is 2.08 bits per heavy atom. The van der Waals surface area contributed by atoms with Crippen LogP contribution in [0.4, 0.5) is 0 Å². The van der Waals surface area contributed by atoms with E-state index in [9.17, 15) is 4.79 Å². The normalized spacial score (nSPS) is 19.7. The molecule has 1 rings (SSSR count). The van der Waals surface area contributed by atoms with Gasteiger partial charge in [0, 0.05) is 0 Å². The Morgan fingerprint density at radius 1 is 1.46 bits per heavy atom. The summed E-state index contributed by atoms with van der Waals surface area (Å²) in [5, 5.41) is 0. The van der Waals surface area contributed by atoms with E-state index in [0.29, 0.717) is 5.92 Å². The molecule has 0 heterocycles. The van der Waals surface area contributed by atoms with Gasteiger partial charge in [-0.3, -0.25) is 4.79 Å². The van der Waals surface area contributed by atoms with Crippen molar-refractivity contribution in [3.8, 4) is 0 Å². The van der Waals surface area contributed by atoms with Gasteiger partial charge in [-0.1, -0.05) is 33.1 Å². The third kappa shape index (κ3) is 2.71. The molecule has 0 aromatic carbocycles. The summed E-state index contributed by atoms with van der Waals surface area (Å²) in [7, 11) is 1.48. The van der Waals surface area contributed by atoms with Gasteiger partial charge in [0.2, 0.25) is 0 Å². The Labute approximate surface area is 80.7 Å². The Hall–Kier alpha value is -0.530. The smallest absolute Gasteiger partial charge is 0.308 e.